The molecule has 1 aromatic carbocycles. The summed E-state index contributed by atoms with van der Waals surface area (Å²) in [4.78, 5) is 11.4. The predicted octanol–water partition coefficient (Wildman–Crippen LogP) is 1.79. The highest BCUT2D eigenvalue weighted by atomic mass is 16.2. The van der Waals surface area contributed by atoms with Gasteiger partial charge in [0.05, 0.1) is 6.54 Å². The molecule has 1 aliphatic rings. The third-order valence-corrected chi connectivity index (χ3v) is 2.17. The van der Waals surface area contributed by atoms with Crippen LogP contribution in [-0.4, -0.2) is 17.1 Å². The van der Waals surface area contributed by atoms with Crippen LogP contribution in [0.25, 0.3) is 0 Å². The Morgan fingerprint density at radius 3 is 2.79 bits per heavy atom. The SMILES string of the molecule is O=C1CCC=NN1Cc1ccccc1. The molecule has 1 aliphatic heterocycles. The summed E-state index contributed by atoms with van der Waals surface area (Å²) in [5.41, 5.74) is 1.11. The van der Waals surface area contributed by atoms with Crippen molar-refractivity contribution in [3.63, 3.8) is 0 Å². The first-order valence-corrected chi connectivity index (χ1v) is 4.73. The first-order valence-electron chi connectivity index (χ1n) is 4.73. The van der Waals surface area contributed by atoms with E-state index in [0.717, 1.165) is 12.0 Å². The van der Waals surface area contributed by atoms with Crippen LogP contribution in [0.15, 0.2) is 35.4 Å². The zero-order valence-electron chi connectivity index (χ0n) is 7.89. The summed E-state index contributed by atoms with van der Waals surface area (Å²) in [6.07, 6.45) is 3.14. The molecule has 0 fully saturated rings. The van der Waals surface area contributed by atoms with Crippen LogP contribution in [0.1, 0.15) is 18.4 Å². The lowest BCUT2D eigenvalue weighted by atomic mass is 10.2. The van der Waals surface area contributed by atoms with Gasteiger partial charge in [-0.2, -0.15) is 5.10 Å². The third kappa shape index (κ3) is 1.99. The van der Waals surface area contributed by atoms with Crippen molar-refractivity contribution in [3.8, 4) is 0 Å². The molecular weight excluding hydrogens is 176 g/mol. The molecule has 0 atom stereocenters. The lowest BCUT2D eigenvalue weighted by molar-refractivity contribution is -0.132. The normalized spacial score (nSPS) is 16.0. The monoisotopic (exact) mass is 188 g/mol. The van der Waals surface area contributed by atoms with Crippen molar-refractivity contribution in [1.82, 2.24) is 5.01 Å². The lowest BCUT2D eigenvalue weighted by Crippen LogP contribution is -2.28. The Bertz CT molecular complexity index is 346. The summed E-state index contributed by atoms with van der Waals surface area (Å²) in [7, 11) is 0. The van der Waals surface area contributed by atoms with Crippen LogP contribution in [0.3, 0.4) is 0 Å². The number of carbonyl (C=O) groups is 1. The van der Waals surface area contributed by atoms with E-state index in [2.05, 4.69) is 5.10 Å². The van der Waals surface area contributed by atoms with Crippen molar-refractivity contribution in [3.05, 3.63) is 35.9 Å². The lowest BCUT2D eigenvalue weighted by Gasteiger charge is -2.19. The molecule has 0 aliphatic carbocycles. The standard InChI is InChI=1S/C11H12N2O/c14-11-7-4-8-12-13(11)9-10-5-2-1-3-6-10/h1-3,5-6,8H,4,7,9H2. The minimum Gasteiger partial charge on any atom is -0.273 e. The Balaban J connectivity index is 2.07. The van der Waals surface area contributed by atoms with E-state index in [0.29, 0.717) is 13.0 Å². The highest BCUT2D eigenvalue weighted by Gasteiger charge is 2.14. The quantitative estimate of drug-likeness (QED) is 0.696. The van der Waals surface area contributed by atoms with E-state index in [9.17, 15) is 4.79 Å². The Hall–Kier alpha value is -1.64. The number of nitrogens with zero attached hydrogens (tertiary/aromatic N) is 2. The maximum Gasteiger partial charge on any atom is 0.243 e. The van der Waals surface area contributed by atoms with Crippen molar-refractivity contribution in [2.45, 2.75) is 19.4 Å². The van der Waals surface area contributed by atoms with Gasteiger partial charge in [-0.3, -0.25) is 4.79 Å². The number of benzene rings is 1. The predicted molar refractivity (Wildman–Crippen MR) is 54.7 cm³/mol. The molecular formula is C11H12N2O. The molecule has 0 unspecified atom stereocenters. The summed E-state index contributed by atoms with van der Waals surface area (Å²) in [6.45, 7) is 0.580. The molecule has 0 N–H and O–H groups in total. The van der Waals surface area contributed by atoms with Gasteiger partial charge in [0.1, 0.15) is 0 Å². The fourth-order valence-corrected chi connectivity index (χ4v) is 1.42. The van der Waals surface area contributed by atoms with Crippen LogP contribution in [0.5, 0.6) is 0 Å². The van der Waals surface area contributed by atoms with E-state index in [4.69, 9.17) is 0 Å². The van der Waals surface area contributed by atoms with Gasteiger partial charge < -0.3 is 0 Å². The zero-order valence-corrected chi connectivity index (χ0v) is 7.89. The van der Waals surface area contributed by atoms with Crippen LogP contribution in [0, 0.1) is 0 Å². The molecule has 1 heterocycles. The number of carbonyl (C=O) groups excluding carboxylic acids is 1. The average molecular weight is 188 g/mol. The first-order chi connectivity index (χ1) is 6.86. The van der Waals surface area contributed by atoms with E-state index in [-0.39, 0.29) is 5.91 Å². The van der Waals surface area contributed by atoms with Gasteiger partial charge in [0, 0.05) is 12.6 Å². The van der Waals surface area contributed by atoms with E-state index < -0.39 is 0 Å². The van der Waals surface area contributed by atoms with Crippen LogP contribution in [0.2, 0.25) is 0 Å². The molecule has 0 radical (unpaired) electrons. The van der Waals surface area contributed by atoms with E-state index in [1.165, 1.54) is 5.01 Å². The topological polar surface area (TPSA) is 32.7 Å². The second-order valence-electron chi connectivity index (χ2n) is 3.27. The summed E-state index contributed by atoms with van der Waals surface area (Å²) in [5, 5.41) is 5.59. The molecule has 3 heteroatoms. The van der Waals surface area contributed by atoms with Crippen LogP contribution < -0.4 is 0 Å². The maximum atomic E-state index is 11.4. The largest absolute Gasteiger partial charge is 0.273 e. The Labute approximate surface area is 83.0 Å². The minimum absolute atomic E-state index is 0.108. The molecule has 0 spiro atoms. The van der Waals surface area contributed by atoms with Gasteiger partial charge in [-0.15, -0.1) is 0 Å². The number of hydrazone groups is 1. The van der Waals surface area contributed by atoms with Crippen molar-refractivity contribution in [2.24, 2.45) is 5.10 Å². The fourth-order valence-electron chi connectivity index (χ4n) is 1.42. The minimum atomic E-state index is 0.108. The molecule has 3 nitrogen and oxygen atoms in total. The molecule has 0 saturated carbocycles. The second-order valence-corrected chi connectivity index (χ2v) is 3.27. The number of amides is 1. The molecule has 1 aromatic rings. The second kappa shape index (κ2) is 4.05. The summed E-state index contributed by atoms with van der Waals surface area (Å²) >= 11 is 0. The Kier molecular flexibility index (Phi) is 2.58. The summed E-state index contributed by atoms with van der Waals surface area (Å²) < 4.78 is 0. The van der Waals surface area contributed by atoms with Crippen molar-refractivity contribution < 1.29 is 4.79 Å². The van der Waals surface area contributed by atoms with Gasteiger partial charge in [-0.25, -0.2) is 5.01 Å². The molecule has 1 amide bonds. The van der Waals surface area contributed by atoms with E-state index in [1.807, 2.05) is 30.3 Å². The van der Waals surface area contributed by atoms with Gasteiger partial charge in [-0.05, 0) is 12.0 Å². The number of hydrogen-bond acceptors (Lipinski definition) is 2. The smallest absolute Gasteiger partial charge is 0.243 e. The highest BCUT2D eigenvalue weighted by Crippen LogP contribution is 2.09. The van der Waals surface area contributed by atoms with Gasteiger partial charge in [0.2, 0.25) is 5.91 Å². The molecule has 0 bridgehead atoms. The highest BCUT2D eigenvalue weighted by molar-refractivity contribution is 5.82. The Morgan fingerprint density at radius 1 is 1.29 bits per heavy atom. The third-order valence-electron chi connectivity index (χ3n) is 2.17. The van der Waals surface area contributed by atoms with Gasteiger partial charge >= 0.3 is 0 Å². The zero-order chi connectivity index (χ0) is 9.80. The fraction of sp³-hybridized carbons (Fsp3) is 0.273. The van der Waals surface area contributed by atoms with Gasteiger partial charge in [-0.1, -0.05) is 30.3 Å². The van der Waals surface area contributed by atoms with E-state index in [1.54, 1.807) is 6.21 Å². The maximum absolute atomic E-state index is 11.4. The van der Waals surface area contributed by atoms with Gasteiger partial charge in [0.15, 0.2) is 0 Å². The van der Waals surface area contributed by atoms with Crippen LogP contribution in [-0.2, 0) is 11.3 Å². The van der Waals surface area contributed by atoms with Crippen molar-refractivity contribution in [2.75, 3.05) is 0 Å². The van der Waals surface area contributed by atoms with Crippen molar-refractivity contribution in [1.29, 1.82) is 0 Å². The average Bonchev–Trinajstić information content (AvgIpc) is 2.23. The van der Waals surface area contributed by atoms with Crippen LogP contribution in [0.4, 0.5) is 0 Å². The van der Waals surface area contributed by atoms with Gasteiger partial charge in [0.25, 0.3) is 0 Å². The Morgan fingerprint density at radius 2 is 2.07 bits per heavy atom. The molecule has 14 heavy (non-hydrogen) atoms. The first kappa shape index (κ1) is 8.94. The van der Waals surface area contributed by atoms with Crippen molar-refractivity contribution >= 4 is 12.1 Å². The summed E-state index contributed by atoms with van der Waals surface area (Å²) in [6, 6.07) is 9.89. The number of rotatable bonds is 2. The van der Waals surface area contributed by atoms with E-state index >= 15 is 0 Å². The summed E-state index contributed by atoms with van der Waals surface area (Å²) in [5.74, 6) is 0.108. The van der Waals surface area contributed by atoms with Crippen LogP contribution >= 0.6 is 0 Å². The number of hydrogen-bond donors (Lipinski definition) is 0. The molecule has 2 rings (SSSR count). The molecule has 0 saturated heterocycles. The molecule has 0 aromatic heterocycles. The molecule has 72 valence electrons.